The van der Waals surface area contributed by atoms with Gasteiger partial charge in [0.25, 0.3) is 17.9 Å². The molecule has 17 heavy (non-hydrogen) atoms. The van der Waals surface area contributed by atoms with Crippen molar-refractivity contribution in [3.8, 4) is 0 Å². The maximum Gasteiger partial charge on any atom is 0.709 e. The minimum Gasteiger partial charge on any atom is -0.455 e. The summed E-state index contributed by atoms with van der Waals surface area (Å²) in [6, 6.07) is 0.0717. The Labute approximate surface area is 101 Å². The minimum absolute atomic E-state index is 0.0717. The molecule has 0 aliphatic carbocycles. The van der Waals surface area contributed by atoms with Gasteiger partial charge in [0, 0.05) is 20.8 Å². The van der Waals surface area contributed by atoms with E-state index in [0.29, 0.717) is 0 Å². The standard InChI is InChI=1S/C10H16O6Si/c1-5-6-7-17(14-8(2)11,15-9(3)12)16-10(4)13/h5-6H,7H2,1-4H3. The van der Waals surface area contributed by atoms with Crippen molar-refractivity contribution in [2.75, 3.05) is 0 Å². The summed E-state index contributed by atoms with van der Waals surface area (Å²) in [5, 5.41) is 0. The number of hydrogen-bond donors (Lipinski definition) is 0. The second-order valence-electron chi connectivity index (χ2n) is 3.24. The predicted octanol–water partition coefficient (Wildman–Crippen LogP) is 1.19. The van der Waals surface area contributed by atoms with Gasteiger partial charge in [-0.2, -0.15) is 0 Å². The van der Waals surface area contributed by atoms with Gasteiger partial charge in [-0.25, -0.2) is 0 Å². The van der Waals surface area contributed by atoms with Crippen LogP contribution in [0.15, 0.2) is 12.2 Å². The van der Waals surface area contributed by atoms with Crippen molar-refractivity contribution < 1.29 is 27.7 Å². The van der Waals surface area contributed by atoms with Gasteiger partial charge in [0.2, 0.25) is 0 Å². The number of carbonyl (C=O) groups is 3. The van der Waals surface area contributed by atoms with Crippen molar-refractivity contribution in [2.45, 2.75) is 33.7 Å². The minimum atomic E-state index is -3.64. The molecule has 0 heterocycles. The molecular formula is C10H16O6Si. The van der Waals surface area contributed by atoms with Crippen LogP contribution in [0.3, 0.4) is 0 Å². The van der Waals surface area contributed by atoms with Gasteiger partial charge in [0.05, 0.1) is 6.04 Å². The van der Waals surface area contributed by atoms with Crippen LogP contribution in [0, 0.1) is 0 Å². The van der Waals surface area contributed by atoms with E-state index in [1.807, 2.05) is 0 Å². The lowest BCUT2D eigenvalue weighted by atomic mass is 10.6. The molecule has 0 spiro atoms. The fourth-order valence-electron chi connectivity index (χ4n) is 1.11. The highest BCUT2D eigenvalue weighted by molar-refractivity contribution is 6.66. The lowest BCUT2D eigenvalue weighted by molar-refractivity contribution is -0.147. The molecule has 0 aromatic heterocycles. The summed E-state index contributed by atoms with van der Waals surface area (Å²) in [4.78, 5) is 33.0. The Morgan fingerprint density at radius 2 is 1.29 bits per heavy atom. The summed E-state index contributed by atoms with van der Waals surface area (Å²) in [5.41, 5.74) is 0. The molecule has 0 saturated heterocycles. The average molecular weight is 260 g/mol. The van der Waals surface area contributed by atoms with Crippen molar-refractivity contribution in [1.82, 2.24) is 0 Å². The first-order valence-electron chi connectivity index (χ1n) is 5.01. The molecular weight excluding hydrogens is 244 g/mol. The van der Waals surface area contributed by atoms with Gasteiger partial charge in [0.15, 0.2) is 0 Å². The number of hydrogen-bond acceptors (Lipinski definition) is 6. The highest BCUT2D eigenvalue weighted by Gasteiger charge is 2.50. The molecule has 96 valence electrons. The van der Waals surface area contributed by atoms with Crippen molar-refractivity contribution in [2.24, 2.45) is 0 Å². The van der Waals surface area contributed by atoms with Gasteiger partial charge < -0.3 is 13.3 Å². The largest absolute Gasteiger partial charge is 0.709 e. The summed E-state index contributed by atoms with van der Waals surface area (Å²) in [7, 11) is -3.64. The Kier molecular flexibility index (Phi) is 6.19. The fourth-order valence-corrected chi connectivity index (χ4v) is 3.32. The smallest absolute Gasteiger partial charge is 0.455 e. The monoisotopic (exact) mass is 260 g/mol. The molecule has 0 radical (unpaired) electrons. The highest BCUT2D eigenvalue weighted by Crippen LogP contribution is 2.17. The first kappa shape index (κ1) is 15.4. The molecule has 0 fully saturated rings. The Morgan fingerprint density at radius 1 is 0.941 bits per heavy atom. The molecule has 0 amide bonds. The normalized spacial score (nSPS) is 11.1. The molecule has 0 aliphatic heterocycles. The van der Waals surface area contributed by atoms with Crippen molar-refractivity contribution in [1.29, 1.82) is 0 Å². The van der Waals surface area contributed by atoms with Crippen LogP contribution in [-0.4, -0.2) is 26.7 Å². The van der Waals surface area contributed by atoms with Gasteiger partial charge in [-0.05, 0) is 6.92 Å². The van der Waals surface area contributed by atoms with E-state index in [-0.39, 0.29) is 6.04 Å². The van der Waals surface area contributed by atoms with Crippen LogP contribution in [-0.2, 0) is 27.7 Å². The Morgan fingerprint density at radius 3 is 1.53 bits per heavy atom. The zero-order valence-corrected chi connectivity index (χ0v) is 11.3. The molecule has 0 saturated carbocycles. The maximum atomic E-state index is 11.0. The van der Waals surface area contributed by atoms with E-state index in [2.05, 4.69) is 0 Å². The molecule has 0 aromatic carbocycles. The second-order valence-corrected chi connectivity index (χ2v) is 5.62. The summed E-state index contributed by atoms with van der Waals surface area (Å²) >= 11 is 0. The molecule has 0 bridgehead atoms. The first-order chi connectivity index (χ1) is 7.81. The van der Waals surface area contributed by atoms with Gasteiger partial charge in [-0.15, -0.1) is 0 Å². The van der Waals surface area contributed by atoms with Gasteiger partial charge in [0.1, 0.15) is 0 Å². The van der Waals surface area contributed by atoms with Crippen molar-refractivity contribution in [3.63, 3.8) is 0 Å². The van der Waals surface area contributed by atoms with Gasteiger partial charge >= 0.3 is 8.80 Å². The van der Waals surface area contributed by atoms with E-state index in [1.54, 1.807) is 19.1 Å². The molecule has 7 heteroatoms. The third kappa shape index (κ3) is 6.51. The molecule has 0 unspecified atom stereocenters. The maximum absolute atomic E-state index is 11.0. The summed E-state index contributed by atoms with van der Waals surface area (Å²) in [6.07, 6.45) is 3.29. The molecule has 0 N–H and O–H groups in total. The van der Waals surface area contributed by atoms with E-state index in [1.165, 1.54) is 0 Å². The summed E-state index contributed by atoms with van der Waals surface area (Å²) in [5.74, 6) is -1.99. The summed E-state index contributed by atoms with van der Waals surface area (Å²) < 4.78 is 14.8. The van der Waals surface area contributed by atoms with Gasteiger partial charge in [-0.1, -0.05) is 12.2 Å². The predicted molar refractivity (Wildman–Crippen MR) is 60.7 cm³/mol. The topological polar surface area (TPSA) is 78.9 Å². The lowest BCUT2D eigenvalue weighted by Crippen LogP contribution is -2.48. The van der Waals surface area contributed by atoms with Crippen LogP contribution >= 0.6 is 0 Å². The Balaban J connectivity index is 5.08. The third-order valence-electron chi connectivity index (χ3n) is 1.50. The molecule has 0 aromatic rings. The number of rotatable bonds is 5. The van der Waals surface area contributed by atoms with Crippen LogP contribution in [0.1, 0.15) is 27.7 Å². The van der Waals surface area contributed by atoms with Crippen LogP contribution in [0.2, 0.25) is 6.04 Å². The molecule has 0 atom stereocenters. The quantitative estimate of drug-likeness (QED) is 0.545. The van der Waals surface area contributed by atoms with Crippen LogP contribution < -0.4 is 0 Å². The third-order valence-corrected chi connectivity index (χ3v) is 4.03. The van der Waals surface area contributed by atoms with Crippen LogP contribution in [0.25, 0.3) is 0 Å². The van der Waals surface area contributed by atoms with E-state index in [4.69, 9.17) is 13.3 Å². The fraction of sp³-hybridized carbons (Fsp3) is 0.500. The lowest BCUT2D eigenvalue weighted by Gasteiger charge is -2.25. The van der Waals surface area contributed by atoms with E-state index >= 15 is 0 Å². The van der Waals surface area contributed by atoms with Crippen molar-refractivity contribution >= 4 is 26.7 Å². The molecule has 6 nitrogen and oxygen atoms in total. The highest BCUT2D eigenvalue weighted by atomic mass is 28.4. The molecule has 0 rings (SSSR count). The number of allylic oxidation sites excluding steroid dienone is 2. The number of carbonyl (C=O) groups excluding carboxylic acids is 3. The van der Waals surface area contributed by atoms with Crippen LogP contribution in [0.5, 0.6) is 0 Å². The van der Waals surface area contributed by atoms with E-state index in [0.717, 1.165) is 20.8 Å². The van der Waals surface area contributed by atoms with Crippen LogP contribution in [0.4, 0.5) is 0 Å². The summed E-state index contributed by atoms with van der Waals surface area (Å²) in [6.45, 7) is 5.22. The van der Waals surface area contributed by atoms with E-state index < -0.39 is 26.7 Å². The SMILES string of the molecule is CC=CC[Si](OC(C)=O)(OC(C)=O)OC(C)=O. The Hall–Kier alpha value is -1.63. The van der Waals surface area contributed by atoms with Crippen molar-refractivity contribution in [3.05, 3.63) is 12.2 Å². The zero-order valence-electron chi connectivity index (χ0n) is 10.3. The van der Waals surface area contributed by atoms with E-state index in [9.17, 15) is 14.4 Å². The second kappa shape index (κ2) is 6.84. The molecule has 0 aliphatic rings. The van der Waals surface area contributed by atoms with Gasteiger partial charge in [-0.3, -0.25) is 14.4 Å². The zero-order chi connectivity index (χ0) is 13.5. The first-order valence-corrected chi connectivity index (χ1v) is 6.94. The Bertz CT molecular complexity index is 295. The average Bonchev–Trinajstić information content (AvgIpc) is 2.11.